The maximum atomic E-state index is 12.5. The normalized spacial score (nSPS) is 19.5. The Hall–Kier alpha value is -2.74. The largest absolute Gasteiger partial charge is 0.481 e. The third-order valence-electron chi connectivity index (χ3n) is 4.49. The van der Waals surface area contributed by atoms with Gasteiger partial charge in [-0.1, -0.05) is 12.8 Å². The van der Waals surface area contributed by atoms with Gasteiger partial charge in [-0.25, -0.2) is 4.98 Å². The zero-order chi connectivity index (χ0) is 18.5. The van der Waals surface area contributed by atoms with E-state index in [1.54, 1.807) is 35.8 Å². The van der Waals surface area contributed by atoms with E-state index in [2.05, 4.69) is 15.6 Å². The summed E-state index contributed by atoms with van der Waals surface area (Å²) in [4.78, 5) is 39.9. The first kappa shape index (κ1) is 18.1. The molecule has 1 heterocycles. The van der Waals surface area contributed by atoms with Gasteiger partial charge in [-0.15, -0.1) is 11.3 Å². The molecule has 2 atom stereocenters. The smallest absolute Gasteiger partial charge is 0.307 e. The number of thiazole rings is 1. The van der Waals surface area contributed by atoms with Gasteiger partial charge in [0.2, 0.25) is 5.91 Å². The first-order valence-electron chi connectivity index (χ1n) is 8.39. The minimum absolute atomic E-state index is 0.280. The molecule has 1 aromatic carbocycles. The summed E-state index contributed by atoms with van der Waals surface area (Å²) in [7, 11) is 0. The summed E-state index contributed by atoms with van der Waals surface area (Å²) < 4.78 is 0. The van der Waals surface area contributed by atoms with E-state index in [0.717, 1.165) is 12.8 Å². The van der Waals surface area contributed by atoms with E-state index < -0.39 is 17.8 Å². The molecule has 2 aromatic rings. The molecule has 0 spiro atoms. The maximum absolute atomic E-state index is 12.5. The van der Waals surface area contributed by atoms with Crippen LogP contribution in [0.3, 0.4) is 0 Å². The van der Waals surface area contributed by atoms with Crippen molar-refractivity contribution in [2.24, 2.45) is 11.8 Å². The molecule has 1 aliphatic rings. The van der Waals surface area contributed by atoms with E-state index in [1.165, 1.54) is 11.3 Å². The fraction of sp³-hybridized carbons (Fsp3) is 0.333. The maximum Gasteiger partial charge on any atom is 0.307 e. The van der Waals surface area contributed by atoms with E-state index in [0.29, 0.717) is 29.2 Å². The third kappa shape index (κ3) is 4.26. The molecule has 8 heteroatoms. The van der Waals surface area contributed by atoms with Gasteiger partial charge in [-0.2, -0.15) is 0 Å². The highest BCUT2D eigenvalue weighted by atomic mass is 32.1. The molecule has 26 heavy (non-hydrogen) atoms. The van der Waals surface area contributed by atoms with Crippen molar-refractivity contribution >= 4 is 39.9 Å². The van der Waals surface area contributed by atoms with E-state index in [1.807, 2.05) is 0 Å². The molecule has 136 valence electrons. The number of nitrogens with zero attached hydrogens (tertiary/aromatic N) is 1. The lowest BCUT2D eigenvalue weighted by atomic mass is 9.78. The first-order chi connectivity index (χ1) is 12.5. The Morgan fingerprint density at radius 2 is 1.73 bits per heavy atom. The van der Waals surface area contributed by atoms with Gasteiger partial charge in [0.05, 0.1) is 11.8 Å². The molecule has 2 amide bonds. The topological polar surface area (TPSA) is 108 Å². The number of carbonyl (C=O) groups excluding carboxylic acids is 2. The van der Waals surface area contributed by atoms with Gasteiger partial charge in [0.15, 0.2) is 5.13 Å². The SMILES string of the molecule is O=C(Nc1nccs1)c1ccc(NC(=O)[C@@H]2CCCC[C@H]2C(=O)O)cc1. The van der Waals surface area contributed by atoms with Gasteiger partial charge in [0.25, 0.3) is 5.91 Å². The van der Waals surface area contributed by atoms with Gasteiger partial charge in [-0.3, -0.25) is 19.7 Å². The standard InChI is InChI=1S/C18H19N3O4S/c22-15(21-18-19-9-10-26-18)11-5-7-12(8-6-11)20-16(23)13-3-1-2-4-14(13)17(24)25/h5-10,13-14H,1-4H2,(H,20,23)(H,24,25)(H,19,21,22)/t13-,14-/m1/s1. The minimum Gasteiger partial charge on any atom is -0.481 e. The molecule has 1 aliphatic carbocycles. The van der Waals surface area contributed by atoms with Crippen LogP contribution in [0.1, 0.15) is 36.0 Å². The van der Waals surface area contributed by atoms with Crippen molar-refractivity contribution in [1.82, 2.24) is 4.98 Å². The van der Waals surface area contributed by atoms with Gasteiger partial charge < -0.3 is 10.4 Å². The second kappa shape index (κ2) is 8.09. The molecule has 1 aromatic heterocycles. The molecule has 3 N–H and O–H groups in total. The molecule has 0 unspecified atom stereocenters. The van der Waals surface area contributed by atoms with Crippen LogP contribution in [-0.2, 0) is 9.59 Å². The average Bonchev–Trinajstić information content (AvgIpc) is 3.15. The van der Waals surface area contributed by atoms with Crippen molar-refractivity contribution in [1.29, 1.82) is 0 Å². The lowest BCUT2D eigenvalue weighted by Crippen LogP contribution is -2.36. The summed E-state index contributed by atoms with van der Waals surface area (Å²) in [5, 5.41) is 17.0. The predicted molar refractivity (Wildman–Crippen MR) is 98.2 cm³/mol. The van der Waals surface area contributed by atoms with Crippen LogP contribution in [0.25, 0.3) is 0 Å². The summed E-state index contributed by atoms with van der Waals surface area (Å²) in [5.74, 6) is -2.63. The Morgan fingerprint density at radius 1 is 1.04 bits per heavy atom. The Bertz CT molecular complexity index is 789. The van der Waals surface area contributed by atoms with Crippen LogP contribution < -0.4 is 10.6 Å². The number of aliphatic carboxylic acids is 1. The van der Waals surface area contributed by atoms with E-state index in [-0.39, 0.29) is 11.8 Å². The Kier molecular flexibility index (Phi) is 5.62. The number of carbonyl (C=O) groups is 3. The number of benzene rings is 1. The van der Waals surface area contributed by atoms with E-state index >= 15 is 0 Å². The summed E-state index contributed by atoms with van der Waals surface area (Å²) in [5.41, 5.74) is 0.981. The minimum atomic E-state index is -0.918. The van der Waals surface area contributed by atoms with Gasteiger partial charge in [0, 0.05) is 22.8 Å². The van der Waals surface area contributed by atoms with Crippen molar-refractivity contribution in [2.75, 3.05) is 10.6 Å². The molecule has 7 nitrogen and oxygen atoms in total. The van der Waals surface area contributed by atoms with Crippen LogP contribution >= 0.6 is 11.3 Å². The molecule has 1 saturated carbocycles. The Morgan fingerprint density at radius 3 is 2.35 bits per heavy atom. The lowest BCUT2D eigenvalue weighted by molar-refractivity contribution is -0.147. The zero-order valence-corrected chi connectivity index (χ0v) is 14.8. The van der Waals surface area contributed by atoms with Crippen LogP contribution in [0.2, 0.25) is 0 Å². The summed E-state index contributed by atoms with van der Waals surface area (Å²) in [6, 6.07) is 6.47. The number of carboxylic acids is 1. The summed E-state index contributed by atoms with van der Waals surface area (Å²) in [6.45, 7) is 0. The number of anilines is 2. The highest BCUT2D eigenvalue weighted by Crippen LogP contribution is 2.31. The fourth-order valence-electron chi connectivity index (χ4n) is 3.13. The number of aromatic nitrogens is 1. The van der Waals surface area contributed by atoms with Crippen LogP contribution in [0.15, 0.2) is 35.8 Å². The van der Waals surface area contributed by atoms with E-state index in [9.17, 15) is 19.5 Å². The quantitative estimate of drug-likeness (QED) is 0.746. The number of rotatable bonds is 5. The molecule has 0 bridgehead atoms. The Labute approximate surface area is 154 Å². The summed E-state index contributed by atoms with van der Waals surface area (Å²) >= 11 is 1.33. The van der Waals surface area contributed by atoms with E-state index in [4.69, 9.17) is 0 Å². The average molecular weight is 373 g/mol. The second-order valence-corrected chi connectivity index (χ2v) is 7.09. The van der Waals surface area contributed by atoms with Crippen LogP contribution in [0.4, 0.5) is 10.8 Å². The van der Waals surface area contributed by atoms with Crippen LogP contribution in [0.5, 0.6) is 0 Å². The fourth-order valence-corrected chi connectivity index (χ4v) is 3.66. The monoisotopic (exact) mass is 373 g/mol. The van der Waals surface area contributed by atoms with Crippen LogP contribution in [0, 0.1) is 11.8 Å². The molecular weight excluding hydrogens is 354 g/mol. The highest BCUT2D eigenvalue weighted by Gasteiger charge is 2.35. The van der Waals surface area contributed by atoms with Crippen molar-refractivity contribution in [3.63, 3.8) is 0 Å². The van der Waals surface area contributed by atoms with Crippen molar-refractivity contribution in [3.8, 4) is 0 Å². The third-order valence-corrected chi connectivity index (χ3v) is 5.18. The second-order valence-electron chi connectivity index (χ2n) is 6.19. The number of amides is 2. The summed E-state index contributed by atoms with van der Waals surface area (Å²) in [6.07, 6.45) is 4.41. The molecule has 3 rings (SSSR count). The molecule has 0 aliphatic heterocycles. The molecule has 1 fully saturated rings. The van der Waals surface area contributed by atoms with Crippen molar-refractivity contribution in [2.45, 2.75) is 25.7 Å². The number of hydrogen-bond donors (Lipinski definition) is 3. The Balaban J connectivity index is 1.62. The molecule has 0 saturated heterocycles. The molecular formula is C18H19N3O4S. The van der Waals surface area contributed by atoms with Gasteiger partial charge in [-0.05, 0) is 37.1 Å². The predicted octanol–water partition coefficient (Wildman–Crippen LogP) is 3.22. The van der Waals surface area contributed by atoms with Gasteiger partial charge in [0.1, 0.15) is 0 Å². The first-order valence-corrected chi connectivity index (χ1v) is 9.27. The zero-order valence-electron chi connectivity index (χ0n) is 14.0. The number of carboxylic acid groups (broad SMARTS) is 1. The van der Waals surface area contributed by atoms with Crippen molar-refractivity contribution in [3.05, 3.63) is 41.4 Å². The van der Waals surface area contributed by atoms with Crippen LogP contribution in [-0.4, -0.2) is 27.9 Å². The van der Waals surface area contributed by atoms with Gasteiger partial charge >= 0.3 is 5.97 Å². The number of nitrogens with one attached hydrogen (secondary N) is 2. The lowest BCUT2D eigenvalue weighted by Gasteiger charge is -2.27. The highest BCUT2D eigenvalue weighted by molar-refractivity contribution is 7.13. The van der Waals surface area contributed by atoms with Crippen molar-refractivity contribution < 1.29 is 19.5 Å². The number of hydrogen-bond acceptors (Lipinski definition) is 5. The molecule has 0 radical (unpaired) electrons.